The highest BCUT2D eigenvalue weighted by molar-refractivity contribution is 9.11. The van der Waals surface area contributed by atoms with Gasteiger partial charge >= 0.3 is 0 Å². The first-order valence-corrected chi connectivity index (χ1v) is 11.4. The van der Waals surface area contributed by atoms with Gasteiger partial charge in [0.25, 0.3) is 0 Å². The fourth-order valence-electron chi connectivity index (χ4n) is 2.24. The van der Waals surface area contributed by atoms with Gasteiger partial charge in [-0.1, -0.05) is 12.1 Å². The summed E-state index contributed by atoms with van der Waals surface area (Å²) >= 11 is 5.21. The molecule has 0 saturated carbocycles. The molecule has 2 rings (SSSR count). The topological polar surface area (TPSA) is 70.6 Å². The van der Waals surface area contributed by atoms with Gasteiger partial charge < -0.3 is 10.6 Å². The maximum Gasteiger partial charge on any atom is 0.190 e. The molecule has 0 atom stereocenters. The minimum Gasteiger partial charge on any atom is -0.356 e. The smallest absolute Gasteiger partial charge is 0.190 e. The van der Waals surface area contributed by atoms with E-state index in [1.165, 1.54) is 11.1 Å². The van der Waals surface area contributed by atoms with Crippen LogP contribution in [0, 0.1) is 0 Å². The van der Waals surface area contributed by atoms with Gasteiger partial charge in [-0.15, -0.1) is 11.3 Å². The van der Waals surface area contributed by atoms with E-state index in [0.717, 1.165) is 41.2 Å². The molecule has 0 fully saturated rings. The Morgan fingerprint density at radius 3 is 2.24 bits per heavy atom. The number of thiophene rings is 1. The number of hydrogen-bond acceptors (Lipinski definition) is 4. The number of halogens is 1. The first-order chi connectivity index (χ1) is 11.9. The lowest BCUT2D eigenvalue weighted by atomic mass is 10.1. The Morgan fingerprint density at radius 1 is 1.08 bits per heavy atom. The molecule has 25 heavy (non-hydrogen) atoms. The van der Waals surface area contributed by atoms with Crippen molar-refractivity contribution < 1.29 is 8.42 Å². The lowest BCUT2D eigenvalue weighted by molar-refractivity contribution is 0.602. The van der Waals surface area contributed by atoms with E-state index in [1.807, 2.05) is 12.1 Å². The van der Waals surface area contributed by atoms with Gasteiger partial charge in [0, 0.05) is 31.3 Å². The van der Waals surface area contributed by atoms with E-state index in [-0.39, 0.29) is 0 Å². The molecule has 1 aromatic heterocycles. The minimum atomic E-state index is -3.14. The third-order valence-corrected chi connectivity index (χ3v) is 6.39. The zero-order chi connectivity index (χ0) is 18.3. The summed E-state index contributed by atoms with van der Waals surface area (Å²) in [6, 6.07) is 11.2. The molecule has 8 heteroatoms. The van der Waals surface area contributed by atoms with Crippen molar-refractivity contribution >= 4 is 43.1 Å². The summed E-state index contributed by atoms with van der Waals surface area (Å²) in [5.41, 5.74) is 1.08. The fraction of sp³-hybridized carbons (Fsp3) is 0.353. The van der Waals surface area contributed by atoms with Crippen molar-refractivity contribution in [3.05, 3.63) is 50.6 Å². The Labute approximate surface area is 161 Å². The van der Waals surface area contributed by atoms with E-state index in [4.69, 9.17) is 0 Å². The first-order valence-electron chi connectivity index (χ1n) is 7.86. The lowest BCUT2D eigenvalue weighted by Crippen LogP contribution is -2.39. The van der Waals surface area contributed by atoms with Gasteiger partial charge in [0.05, 0.1) is 8.68 Å². The zero-order valence-electron chi connectivity index (χ0n) is 14.3. The van der Waals surface area contributed by atoms with Crippen molar-refractivity contribution in [2.45, 2.75) is 17.7 Å². The molecule has 0 aliphatic rings. The van der Waals surface area contributed by atoms with E-state index >= 15 is 0 Å². The van der Waals surface area contributed by atoms with Crippen LogP contribution in [0.15, 0.2) is 50.1 Å². The standard InChI is InChI=1S/C17H22BrN3O2S2/c1-19-17(21-12-10-14-5-8-16(18)24-14)20-11-9-13-3-6-15(7-4-13)25(2,22)23/h3-8H,9-12H2,1-2H3,(H2,19,20,21). The van der Waals surface area contributed by atoms with Crippen LogP contribution in [-0.2, 0) is 22.7 Å². The molecule has 136 valence electrons. The SMILES string of the molecule is CN=C(NCCc1ccc(S(C)(=O)=O)cc1)NCCc1ccc(Br)s1. The number of guanidine groups is 1. The number of aliphatic imine (C=N–C) groups is 1. The second-order valence-corrected chi connectivity index (χ2v) is 10.1. The Hall–Kier alpha value is -1.38. The van der Waals surface area contributed by atoms with E-state index < -0.39 is 9.84 Å². The predicted molar refractivity (Wildman–Crippen MR) is 108 cm³/mol. The average Bonchev–Trinajstić information content (AvgIpc) is 2.98. The molecule has 1 heterocycles. The normalized spacial score (nSPS) is 12.2. The Bertz CT molecular complexity index is 815. The van der Waals surface area contributed by atoms with Crippen LogP contribution in [0.3, 0.4) is 0 Å². The monoisotopic (exact) mass is 443 g/mol. The third kappa shape index (κ3) is 6.80. The summed E-state index contributed by atoms with van der Waals surface area (Å²) in [5, 5.41) is 6.56. The first kappa shape index (κ1) is 19.9. The van der Waals surface area contributed by atoms with Crippen molar-refractivity contribution in [3.8, 4) is 0 Å². The summed E-state index contributed by atoms with van der Waals surface area (Å²) < 4.78 is 24.1. The molecule has 0 radical (unpaired) electrons. The highest BCUT2D eigenvalue weighted by Crippen LogP contribution is 2.22. The number of nitrogens with zero attached hydrogens (tertiary/aromatic N) is 1. The van der Waals surface area contributed by atoms with E-state index in [1.54, 1.807) is 30.5 Å². The molecular weight excluding hydrogens is 422 g/mol. The Morgan fingerprint density at radius 2 is 1.72 bits per heavy atom. The van der Waals surface area contributed by atoms with E-state index in [9.17, 15) is 8.42 Å². The zero-order valence-corrected chi connectivity index (χ0v) is 17.5. The second kappa shape index (κ2) is 9.35. The number of hydrogen-bond donors (Lipinski definition) is 2. The summed E-state index contributed by atoms with van der Waals surface area (Å²) in [7, 11) is -1.39. The quantitative estimate of drug-likeness (QED) is 0.509. The molecule has 0 aliphatic heterocycles. The molecule has 0 bridgehead atoms. The summed E-state index contributed by atoms with van der Waals surface area (Å²) in [5.74, 6) is 0.767. The largest absolute Gasteiger partial charge is 0.356 e. The Balaban J connectivity index is 1.73. The predicted octanol–water partition coefficient (Wildman–Crippen LogP) is 2.86. The van der Waals surface area contributed by atoms with Gasteiger partial charge in [-0.2, -0.15) is 0 Å². The average molecular weight is 444 g/mol. The van der Waals surface area contributed by atoms with Crippen molar-refractivity contribution in [2.75, 3.05) is 26.4 Å². The van der Waals surface area contributed by atoms with Crippen LogP contribution in [0.5, 0.6) is 0 Å². The molecule has 0 spiro atoms. The van der Waals surface area contributed by atoms with Crippen molar-refractivity contribution in [1.29, 1.82) is 0 Å². The van der Waals surface area contributed by atoms with Crippen LogP contribution in [0.2, 0.25) is 0 Å². The number of rotatable bonds is 7. The molecule has 5 nitrogen and oxygen atoms in total. The van der Waals surface area contributed by atoms with E-state index in [2.05, 4.69) is 43.7 Å². The molecular formula is C17H22BrN3O2S2. The number of benzene rings is 1. The third-order valence-electron chi connectivity index (χ3n) is 3.57. The van der Waals surface area contributed by atoms with Gasteiger partial charge in [-0.25, -0.2) is 8.42 Å². The highest BCUT2D eigenvalue weighted by Gasteiger charge is 2.06. The maximum absolute atomic E-state index is 11.5. The number of nitrogens with one attached hydrogen (secondary N) is 2. The van der Waals surface area contributed by atoms with Gasteiger partial charge in [-0.05, 0) is 58.6 Å². The fourth-order valence-corrected chi connectivity index (χ4v) is 4.35. The highest BCUT2D eigenvalue weighted by atomic mass is 79.9. The van der Waals surface area contributed by atoms with Crippen LogP contribution in [-0.4, -0.2) is 40.8 Å². The van der Waals surface area contributed by atoms with Gasteiger partial charge in [0.15, 0.2) is 15.8 Å². The van der Waals surface area contributed by atoms with Crippen molar-refractivity contribution in [1.82, 2.24) is 10.6 Å². The van der Waals surface area contributed by atoms with Crippen LogP contribution in [0.4, 0.5) is 0 Å². The Kier molecular flexibility index (Phi) is 7.46. The van der Waals surface area contributed by atoms with Crippen LogP contribution < -0.4 is 10.6 Å². The number of sulfone groups is 1. The molecule has 0 unspecified atom stereocenters. The van der Waals surface area contributed by atoms with Crippen molar-refractivity contribution in [3.63, 3.8) is 0 Å². The summed E-state index contributed by atoms with van der Waals surface area (Å²) in [4.78, 5) is 5.88. The lowest BCUT2D eigenvalue weighted by Gasteiger charge is -2.11. The van der Waals surface area contributed by atoms with Crippen LogP contribution >= 0.6 is 27.3 Å². The summed E-state index contributed by atoms with van der Waals surface area (Å²) in [6.07, 6.45) is 2.96. The summed E-state index contributed by atoms with van der Waals surface area (Å²) in [6.45, 7) is 1.54. The van der Waals surface area contributed by atoms with Gasteiger partial charge in [0.2, 0.25) is 0 Å². The van der Waals surface area contributed by atoms with Gasteiger partial charge in [0.1, 0.15) is 0 Å². The van der Waals surface area contributed by atoms with Crippen molar-refractivity contribution in [2.24, 2.45) is 4.99 Å². The molecule has 1 aromatic carbocycles. The molecule has 0 saturated heterocycles. The minimum absolute atomic E-state index is 0.349. The molecule has 0 aliphatic carbocycles. The molecule has 2 aromatic rings. The molecule has 0 amide bonds. The maximum atomic E-state index is 11.5. The molecule has 2 N–H and O–H groups in total. The second-order valence-electron chi connectivity index (χ2n) is 5.55. The van der Waals surface area contributed by atoms with Gasteiger partial charge in [-0.3, -0.25) is 4.99 Å². The van der Waals surface area contributed by atoms with Crippen LogP contribution in [0.25, 0.3) is 0 Å². The van der Waals surface area contributed by atoms with E-state index in [0.29, 0.717) is 4.90 Å². The van der Waals surface area contributed by atoms with Crippen LogP contribution in [0.1, 0.15) is 10.4 Å².